The highest BCUT2D eigenvalue weighted by atomic mass is 79.9. The molecule has 1 aromatic heterocycles. The number of carboxylic acid groups (broad SMARTS) is 1. The van der Waals surface area contributed by atoms with Crippen molar-refractivity contribution >= 4 is 28.0 Å². The van der Waals surface area contributed by atoms with Gasteiger partial charge in [-0.2, -0.15) is 0 Å². The predicted molar refractivity (Wildman–Crippen MR) is 47.7 cm³/mol. The van der Waals surface area contributed by atoms with E-state index < -0.39 is 5.97 Å². The summed E-state index contributed by atoms with van der Waals surface area (Å²) in [6, 6.07) is 1.70. The van der Waals surface area contributed by atoms with E-state index >= 15 is 0 Å². The van der Waals surface area contributed by atoms with Gasteiger partial charge in [0, 0.05) is 5.57 Å². The molecule has 0 saturated carbocycles. The average molecular weight is 231 g/mol. The Bertz CT molecular complexity index is 325. The Kier molecular flexibility index (Phi) is 2.70. The van der Waals surface area contributed by atoms with E-state index in [1.54, 1.807) is 6.07 Å². The fraction of sp³-hybridized carbons (Fsp3) is 0.125. The van der Waals surface area contributed by atoms with Crippen LogP contribution >= 0.6 is 15.9 Å². The van der Waals surface area contributed by atoms with E-state index in [2.05, 4.69) is 15.9 Å². The lowest BCUT2D eigenvalue weighted by Gasteiger charge is -1.88. The number of hydrogen-bond acceptors (Lipinski definition) is 2. The maximum absolute atomic E-state index is 10.4. The molecule has 1 rings (SSSR count). The van der Waals surface area contributed by atoms with Gasteiger partial charge in [0.05, 0.1) is 4.47 Å². The summed E-state index contributed by atoms with van der Waals surface area (Å²) in [5.74, 6) is -0.413. The topological polar surface area (TPSA) is 50.4 Å². The molecule has 0 aromatic carbocycles. The number of halogens is 1. The van der Waals surface area contributed by atoms with Crippen molar-refractivity contribution in [2.75, 3.05) is 0 Å². The van der Waals surface area contributed by atoms with Crippen LogP contribution in [0.3, 0.4) is 0 Å². The van der Waals surface area contributed by atoms with Gasteiger partial charge in [-0.3, -0.25) is 0 Å². The number of carbonyl (C=O) groups is 1. The summed E-state index contributed by atoms with van der Waals surface area (Å²) in [7, 11) is 0. The largest absolute Gasteiger partial charge is 0.478 e. The Morgan fingerprint density at radius 1 is 1.75 bits per heavy atom. The highest BCUT2D eigenvalue weighted by Gasteiger charge is 2.01. The molecule has 0 amide bonds. The van der Waals surface area contributed by atoms with E-state index in [1.165, 1.54) is 19.3 Å². The zero-order valence-corrected chi connectivity index (χ0v) is 7.96. The second-order valence-electron chi connectivity index (χ2n) is 2.30. The van der Waals surface area contributed by atoms with Crippen LogP contribution in [0.15, 0.2) is 26.8 Å². The molecule has 0 unspecified atom stereocenters. The molecule has 1 N–H and O–H groups in total. The van der Waals surface area contributed by atoms with E-state index in [9.17, 15) is 4.79 Å². The van der Waals surface area contributed by atoms with Gasteiger partial charge < -0.3 is 9.52 Å². The molecule has 0 atom stereocenters. The molecule has 4 heteroatoms. The van der Waals surface area contributed by atoms with Crippen molar-refractivity contribution in [3.05, 3.63) is 28.1 Å². The van der Waals surface area contributed by atoms with Gasteiger partial charge in [0.2, 0.25) is 0 Å². The van der Waals surface area contributed by atoms with Crippen molar-refractivity contribution in [1.82, 2.24) is 0 Å². The third-order valence-corrected chi connectivity index (χ3v) is 1.70. The molecule has 0 bridgehead atoms. The van der Waals surface area contributed by atoms with Gasteiger partial charge in [-0.15, -0.1) is 0 Å². The minimum absolute atomic E-state index is 0.247. The molecule has 0 aliphatic carbocycles. The lowest BCUT2D eigenvalue weighted by molar-refractivity contribution is -0.132. The second-order valence-corrected chi connectivity index (χ2v) is 3.22. The molecule has 0 aliphatic rings. The highest BCUT2D eigenvalue weighted by Crippen LogP contribution is 2.16. The third-order valence-electron chi connectivity index (χ3n) is 1.28. The van der Waals surface area contributed by atoms with Crippen molar-refractivity contribution in [2.45, 2.75) is 6.92 Å². The smallest absolute Gasteiger partial charge is 0.331 e. The fourth-order valence-corrected chi connectivity index (χ4v) is 0.998. The summed E-state index contributed by atoms with van der Waals surface area (Å²) in [5.41, 5.74) is 0.247. The zero-order valence-electron chi connectivity index (χ0n) is 6.37. The van der Waals surface area contributed by atoms with E-state index in [4.69, 9.17) is 9.52 Å². The molecular formula is C8H7BrO3. The van der Waals surface area contributed by atoms with Crippen LogP contribution < -0.4 is 0 Å². The lowest BCUT2D eigenvalue weighted by atomic mass is 10.2. The van der Waals surface area contributed by atoms with Gasteiger partial charge in [-0.05, 0) is 35.0 Å². The Labute approximate surface area is 77.8 Å². The molecule has 0 aliphatic heterocycles. The van der Waals surface area contributed by atoms with Crippen molar-refractivity contribution in [3.8, 4) is 0 Å². The average Bonchev–Trinajstić information content (AvgIpc) is 2.35. The zero-order chi connectivity index (χ0) is 9.14. The van der Waals surface area contributed by atoms with Crippen LogP contribution in [0.5, 0.6) is 0 Å². The fourth-order valence-electron chi connectivity index (χ4n) is 0.679. The second kappa shape index (κ2) is 3.58. The van der Waals surface area contributed by atoms with E-state index in [0.29, 0.717) is 5.76 Å². The van der Waals surface area contributed by atoms with E-state index in [1.807, 2.05) is 0 Å². The molecule has 64 valence electrons. The Balaban J connectivity index is 2.87. The summed E-state index contributed by atoms with van der Waals surface area (Å²) < 4.78 is 5.80. The molecule has 1 heterocycles. The summed E-state index contributed by atoms with van der Waals surface area (Å²) in [6.45, 7) is 1.51. The number of carboxylic acids is 1. The van der Waals surface area contributed by atoms with Crippen LogP contribution in [0.2, 0.25) is 0 Å². The maximum Gasteiger partial charge on any atom is 0.331 e. The van der Waals surface area contributed by atoms with Crippen LogP contribution in [0.4, 0.5) is 0 Å². The van der Waals surface area contributed by atoms with Gasteiger partial charge in [0.1, 0.15) is 12.0 Å². The van der Waals surface area contributed by atoms with Crippen LogP contribution in [0.1, 0.15) is 12.7 Å². The first kappa shape index (κ1) is 9.06. The van der Waals surface area contributed by atoms with Crippen molar-refractivity contribution in [1.29, 1.82) is 0 Å². The van der Waals surface area contributed by atoms with E-state index in [0.717, 1.165) is 4.47 Å². The Morgan fingerprint density at radius 3 is 2.83 bits per heavy atom. The Hall–Kier alpha value is -1.03. The SMILES string of the molecule is C/C(=C\c1cc(Br)co1)C(=O)O. The van der Waals surface area contributed by atoms with Crippen molar-refractivity contribution in [3.63, 3.8) is 0 Å². The molecule has 0 saturated heterocycles. The number of aliphatic carboxylic acids is 1. The van der Waals surface area contributed by atoms with Gasteiger partial charge in [-0.1, -0.05) is 0 Å². The standard InChI is InChI=1S/C8H7BrO3/c1-5(8(10)11)2-7-3-6(9)4-12-7/h2-4H,1H3,(H,10,11)/b5-2+. The van der Waals surface area contributed by atoms with Gasteiger partial charge in [-0.25, -0.2) is 4.79 Å². The molecular weight excluding hydrogens is 224 g/mol. The summed E-state index contributed by atoms with van der Waals surface area (Å²) in [6.07, 6.45) is 2.97. The van der Waals surface area contributed by atoms with Crippen LogP contribution in [-0.4, -0.2) is 11.1 Å². The monoisotopic (exact) mass is 230 g/mol. The van der Waals surface area contributed by atoms with Crippen LogP contribution in [-0.2, 0) is 4.79 Å². The third kappa shape index (κ3) is 2.23. The molecule has 3 nitrogen and oxygen atoms in total. The van der Waals surface area contributed by atoms with Crippen molar-refractivity contribution in [2.24, 2.45) is 0 Å². The minimum Gasteiger partial charge on any atom is -0.478 e. The number of furan rings is 1. The van der Waals surface area contributed by atoms with Crippen molar-refractivity contribution < 1.29 is 14.3 Å². The van der Waals surface area contributed by atoms with Crippen LogP contribution in [0.25, 0.3) is 6.08 Å². The van der Waals surface area contributed by atoms with Gasteiger partial charge >= 0.3 is 5.97 Å². The normalized spacial score (nSPS) is 11.7. The first-order chi connectivity index (χ1) is 5.59. The number of hydrogen-bond donors (Lipinski definition) is 1. The van der Waals surface area contributed by atoms with Crippen LogP contribution in [0, 0.1) is 0 Å². The molecule has 0 fully saturated rings. The molecule has 0 radical (unpaired) electrons. The summed E-state index contributed by atoms with van der Waals surface area (Å²) in [5, 5.41) is 8.53. The predicted octanol–water partition coefficient (Wildman–Crippen LogP) is 2.53. The summed E-state index contributed by atoms with van der Waals surface area (Å²) in [4.78, 5) is 10.4. The lowest BCUT2D eigenvalue weighted by Crippen LogP contribution is -1.94. The number of rotatable bonds is 2. The first-order valence-electron chi connectivity index (χ1n) is 3.25. The van der Waals surface area contributed by atoms with E-state index in [-0.39, 0.29) is 5.57 Å². The van der Waals surface area contributed by atoms with Gasteiger partial charge in [0.15, 0.2) is 0 Å². The highest BCUT2D eigenvalue weighted by molar-refractivity contribution is 9.10. The first-order valence-corrected chi connectivity index (χ1v) is 4.04. The molecule has 1 aromatic rings. The Morgan fingerprint density at radius 2 is 2.42 bits per heavy atom. The van der Waals surface area contributed by atoms with Gasteiger partial charge in [0.25, 0.3) is 0 Å². The summed E-state index contributed by atoms with van der Waals surface area (Å²) >= 11 is 3.19. The molecule has 12 heavy (non-hydrogen) atoms. The quantitative estimate of drug-likeness (QED) is 0.795. The maximum atomic E-state index is 10.4. The minimum atomic E-state index is -0.942. The molecule has 0 spiro atoms.